The van der Waals surface area contributed by atoms with E-state index in [0.717, 1.165) is 13.0 Å². The van der Waals surface area contributed by atoms with Gasteiger partial charge in [0.1, 0.15) is 0 Å². The summed E-state index contributed by atoms with van der Waals surface area (Å²) in [4.78, 5) is 0. The first-order chi connectivity index (χ1) is 5.64. The van der Waals surface area contributed by atoms with Gasteiger partial charge in [-0.25, -0.2) is 0 Å². The van der Waals surface area contributed by atoms with Gasteiger partial charge in [-0.15, -0.1) is 0 Å². The van der Waals surface area contributed by atoms with E-state index in [4.69, 9.17) is 0 Å². The smallest absolute Gasteiger partial charge is 0.0741 e. The summed E-state index contributed by atoms with van der Waals surface area (Å²) in [7, 11) is 0. The highest BCUT2D eigenvalue weighted by Crippen LogP contribution is 2.17. The van der Waals surface area contributed by atoms with Gasteiger partial charge in [-0.1, -0.05) is 6.92 Å². The molecule has 0 bridgehead atoms. The first-order valence-electron chi connectivity index (χ1n) is 4.67. The van der Waals surface area contributed by atoms with Crippen LogP contribution in [0.5, 0.6) is 0 Å². The van der Waals surface area contributed by atoms with Crippen molar-refractivity contribution in [3.05, 3.63) is 0 Å². The summed E-state index contributed by atoms with van der Waals surface area (Å²) in [5.74, 6) is 2.48. The van der Waals surface area contributed by atoms with Crippen LogP contribution >= 0.6 is 11.8 Å². The van der Waals surface area contributed by atoms with E-state index in [-0.39, 0.29) is 0 Å². The van der Waals surface area contributed by atoms with Gasteiger partial charge < -0.3 is 10.4 Å². The van der Waals surface area contributed by atoms with Gasteiger partial charge in [0.05, 0.1) is 5.60 Å². The molecule has 12 heavy (non-hydrogen) atoms. The van der Waals surface area contributed by atoms with E-state index in [1.807, 2.05) is 25.6 Å². The normalized spacial score (nSPS) is 28.8. The molecule has 0 amide bonds. The number of hydrogen-bond donors (Lipinski definition) is 2. The summed E-state index contributed by atoms with van der Waals surface area (Å²) in [5, 5.41) is 13.1. The zero-order valence-electron chi connectivity index (χ0n) is 7.97. The fourth-order valence-corrected chi connectivity index (χ4v) is 2.37. The van der Waals surface area contributed by atoms with Crippen LogP contribution in [0.1, 0.15) is 26.7 Å². The van der Waals surface area contributed by atoms with Crippen LogP contribution in [0, 0.1) is 0 Å². The molecular formula is C9H19NOS. The Morgan fingerprint density at radius 3 is 2.92 bits per heavy atom. The highest BCUT2D eigenvalue weighted by molar-refractivity contribution is 7.99. The molecule has 2 unspecified atom stereocenters. The molecule has 0 aromatic rings. The van der Waals surface area contributed by atoms with E-state index >= 15 is 0 Å². The van der Waals surface area contributed by atoms with Gasteiger partial charge in [0.25, 0.3) is 0 Å². The Kier molecular flexibility index (Phi) is 3.87. The number of hydrogen-bond acceptors (Lipinski definition) is 3. The zero-order valence-corrected chi connectivity index (χ0v) is 8.78. The summed E-state index contributed by atoms with van der Waals surface area (Å²) in [6.07, 6.45) is 2.07. The standard InChI is InChI=1S/C9H19NOS/c1-3-9(2,11)7-10-8-4-5-12-6-8/h8,10-11H,3-7H2,1-2H3. The average molecular weight is 189 g/mol. The predicted octanol–water partition coefficient (Wildman–Crippen LogP) is 1.24. The molecule has 2 nitrogen and oxygen atoms in total. The molecule has 0 aromatic heterocycles. The lowest BCUT2D eigenvalue weighted by Gasteiger charge is -2.23. The van der Waals surface area contributed by atoms with E-state index < -0.39 is 5.60 Å². The summed E-state index contributed by atoms with van der Waals surface area (Å²) in [5.41, 5.74) is -0.521. The molecule has 0 radical (unpaired) electrons. The Bertz CT molecular complexity index is 132. The molecule has 0 spiro atoms. The SMILES string of the molecule is CCC(C)(O)CNC1CCSC1. The molecule has 1 fully saturated rings. The van der Waals surface area contributed by atoms with Crippen molar-refractivity contribution in [2.24, 2.45) is 0 Å². The lowest BCUT2D eigenvalue weighted by molar-refractivity contribution is 0.0536. The van der Waals surface area contributed by atoms with Gasteiger partial charge in [0.15, 0.2) is 0 Å². The minimum Gasteiger partial charge on any atom is -0.389 e. The number of aliphatic hydroxyl groups is 1. The molecule has 1 aliphatic rings. The maximum absolute atomic E-state index is 9.71. The molecule has 3 heteroatoms. The third-order valence-corrected chi connectivity index (χ3v) is 3.63. The van der Waals surface area contributed by atoms with Crippen molar-refractivity contribution in [2.75, 3.05) is 18.1 Å². The second-order valence-electron chi connectivity index (χ2n) is 3.79. The fraction of sp³-hybridized carbons (Fsp3) is 1.00. The second-order valence-corrected chi connectivity index (χ2v) is 4.94. The molecule has 0 saturated carbocycles. The number of nitrogens with one attached hydrogen (secondary N) is 1. The molecule has 1 aliphatic heterocycles. The molecule has 0 aliphatic carbocycles. The van der Waals surface area contributed by atoms with Crippen molar-refractivity contribution in [1.82, 2.24) is 5.32 Å². The van der Waals surface area contributed by atoms with Crippen molar-refractivity contribution >= 4 is 11.8 Å². The quantitative estimate of drug-likeness (QED) is 0.698. The summed E-state index contributed by atoms with van der Waals surface area (Å²) >= 11 is 2.00. The Hall–Kier alpha value is 0.270. The lowest BCUT2D eigenvalue weighted by Crippen LogP contribution is -2.42. The third kappa shape index (κ3) is 3.33. The van der Waals surface area contributed by atoms with Gasteiger partial charge in [-0.05, 0) is 25.5 Å². The largest absolute Gasteiger partial charge is 0.389 e. The van der Waals surface area contributed by atoms with Crippen molar-refractivity contribution < 1.29 is 5.11 Å². The van der Waals surface area contributed by atoms with Crippen LogP contribution in [0.25, 0.3) is 0 Å². The summed E-state index contributed by atoms with van der Waals surface area (Å²) < 4.78 is 0. The van der Waals surface area contributed by atoms with E-state index in [0.29, 0.717) is 6.04 Å². The Labute approximate surface area is 79.1 Å². The first kappa shape index (κ1) is 10.4. The maximum atomic E-state index is 9.71. The van der Waals surface area contributed by atoms with E-state index in [2.05, 4.69) is 5.32 Å². The van der Waals surface area contributed by atoms with Gasteiger partial charge in [-0.2, -0.15) is 11.8 Å². The molecule has 0 aromatic carbocycles. The Balaban J connectivity index is 2.15. The van der Waals surface area contributed by atoms with Crippen molar-refractivity contribution in [2.45, 2.75) is 38.3 Å². The van der Waals surface area contributed by atoms with Crippen LogP contribution in [0.3, 0.4) is 0 Å². The van der Waals surface area contributed by atoms with Crippen LogP contribution in [0.2, 0.25) is 0 Å². The van der Waals surface area contributed by atoms with Crippen molar-refractivity contribution in [3.63, 3.8) is 0 Å². The van der Waals surface area contributed by atoms with Gasteiger partial charge in [-0.3, -0.25) is 0 Å². The van der Waals surface area contributed by atoms with Crippen LogP contribution in [0.15, 0.2) is 0 Å². The average Bonchev–Trinajstić information content (AvgIpc) is 2.53. The molecular weight excluding hydrogens is 170 g/mol. The second kappa shape index (κ2) is 4.49. The molecule has 2 N–H and O–H groups in total. The van der Waals surface area contributed by atoms with Crippen LogP contribution in [-0.4, -0.2) is 34.8 Å². The highest BCUT2D eigenvalue weighted by atomic mass is 32.2. The molecule has 1 rings (SSSR count). The molecule has 72 valence electrons. The van der Waals surface area contributed by atoms with E-state index in [1.165, 1.54) is 17.9 Å². The first-order valence-corrected chi connectivity index (χ1v) is 5.83. The van der Waals surface area contributed by atoms with Crippen LogP contribution in [-0.2, 0) is 0 Å². The van der Waals surface area contributed by atoms with Crippen LogP contribution in [0.4, 0.5) is 0 Å². The number of rotatable bonds is 4. The molecule has 1 saturated heterocycles. The lowest BCUT2D eigenvalue weighted by atomic mass is 10.0. The zero-order chi connectivity index (χ0) is 9.03. The minimum atomic E-state index is -0.521. The molecule has 1 heterocycles. The van der Waals surface area contributed by atoms with E-state index in [9.17, 15) is 5.11 Å². The maximum Gasteiger partial charge on any atom is 0.0741 e. The van der Waals surface area contributed by atoms with Crippen LogP contribution < -0.4 is 5.32 Å². The van der Waals surface area contributed by atoms with Crippen molar-refractivity contribution in [3.8, 4) is 0 Å². The third-order valence-electron chi connectivity index (χ3n) is 2.46. The molecule has 2 atom stereocenters. The van der Waals surface area contributed by atoms with Crippen molar-refractivity contribution in [1.29, 1.82) is 0 Å². The van der Waals surface area contributed by atoms with E-state index in [1.54, 1.807) is 0 Å². The summed E-state index contributed by atoms with van der Waals surface area (Å²) in [6.45, 7) is 4.64. The van der Waals surface area contributed by atoms with Gasteiger partial charge in [0, 0.05) is 18.3 Å². The monoisotopic (exact) mass is 189 g/mol. The fourth-order valence-electron chi connectivity index (χ4n) is 1.18. The van der Waals surface area contributed by atoms with Gasteiger partial charge >= 0.3 is 0 Å². The Morgan fingerprint density at radius 2 is 2.42 bits per heavy atom. The van der Waals surface area contributed by atoms with Gasteiger partial charge in [0.2, 0.25) is 0 Å². The number of thioether (sulfide) groups is 1. The minimum absolute atomic E-state index is 0.521. The highest BCUT2D eigenvalue weighted by Gasteiger charge is 2.21. The summed E-state index contributed by atoms with van der Waals surface area (Å²) in [6, 6.07) is 0.632. The predicted molar refractivity (Wildman–Crippen MR) is 54.6 cm³/mol. The topological polar surface area (TPSA) is 32.3 Å². The Morgan fingerprint density at radius 1 is 1.67 bits per heavy atom.